The Morgan fingerprint density at radius 2 is 1.48 bits per heavy atom. The monoisotopic (exact) mass is 403 g/mol. The van der Waals surface area contributed by atoms with Crippen molar-refractivity contribution in [2.75, 3.05) is 12.4 Å². The molecule has 2 aliphatic carbocycles. The molecule has 0 spiro atoms. The fourth-order valence-electron chi connectivity index (χ4n) is 2.29. The Morgan fingerprint density at radius 1 is 0.920 bits per heavy atom. The van der Waals surface area contributed by atoms with E-state index in [0.29, 0.717) is 23.6 Å². The summed E-state index contributed by atoms with van der Waals surface area (Å²) >= 11 is 5.78. The summed E-state index contributed by atoms with van der Waals surface area (Å²) in [6, 6.07) is 0.110. The Kier molecular flexibility index (Phi) is 9.92. The van der Waals surface area contributed by atoms with Gasteiger partial charge in [-0.25, -0.2) is 0 Å². The van der Waals surface area contributed by atoms with Crippen molar-refractivity contribution in [3.63, 3.8) is 0 Å². The van der Waals surface area contributed by atoms with Gasteiger partial charge >= 0.3 is 0 Å². The van der Waals surface area contributed by atoms with E-state index in [2.05, 4.69) is 10.6 Å². The van der Waals surface area contributed by atoms with Gasteiger partial charge in [0.15, 0.2) is 11.6 Å². The molecule has 6 heteroatoms. The van der Waals surface area contributed by atoms with Crippen molar-refractivity contribution >= 4 is 23.2 Å². The minimum absolute atomic E-state index is 0. The minimum Gasteiger partial charge on any atom is -0.388 e. The Balaban J connectivity index is 0.00000312. The SMILES string of the molecule is O=C1C=CC=C/C1=C/NCC(CCCCl)N/C=C1/C=CC=CC1=O.[Co]. The van der Waals surface area contributed by atoms with Gasteiger partial charge < -0.3 is 10.6 Å². The molecule has 4 nitrogen and oxygen atoms in total. The number of hydrogen-bond acceptors (Lipinski definition) is 4. The van der Waals surface area contributed by atoms with Crippen molar-refractivity contribution < 1.29 is 26.4 Å². The second-order valence-corrected chi connectivity index (χ2v) is 5.85. The average Bonchev–Trinajstić information content (AvgIpc) is 2.59. The Labute approximate surface area is 163 Å². The maximum Gasteiger partial charge on any atom is 0.187 e. The maximum absolute atomic E-state index is 11.7. The van der Waals surface area contributed by atoms with E-state index in [0.717, 1.165) is 12.8 Å². The van der Waals surface area contributed by atoms with Crippen LogP contribution in [0.2, 0.25) is 0 Å². The van der Waals surface area contributed by atoms with Gasteiger partial charge in [-0.2, -0.15) is 0 Å². The van der Waals surface area contributed by atoms with Crippen LogP contribution in [0.1, 0.15) is 12.8 Å². The molecule has 25 heavy (non-hydrogen) atoms. The molecule has 0 fully saturated rings. The van der Waals surface area contributed by atoms with E-state index < -0.39 is 0 Å². The van der Waals surface area contributed by atoms with Crippen molar-refractivity contribution in [3.05, 3.63) is 72.2 Å². The van der Waals surface area contributed by atoms with Crippen molar-refractivity contribution in [2.24, 2.45) is 0 Å². The van der Waals surface area contributed by atoms with E-state index in [1.807, 2.05) is 12.2 Å². The molecule has 0 aromatic heterocycles. The first-order chi connectivity index (χ1) is 11.7. The zero-order valence-electron chi connectivity index (χ0n) is 13.7. The van der Waals surface area contributed by atoms with Crippen molar-refractivity contribution in [1.82, 2.24) is 10.6 Å². The molecule has 2 rings (SSSR count). The van der Waals surface area contributed by atoms with Gasteiger partial charge in [0.25, 0.3) is 0 Å². The molecule has 0 saturated carbocycles. The van der Waals surface area contributed by atoms with E-state index in [9.17, 15) is 9.59 Å². The van der Waals surface area contributed by atoms with E-state index in [-0.39, 0.29) is 34.4 Å². The molecule has 0 aromatic rings. The van der Waals surface area contributed by atoms with E-state index in [1.165, 1.54) is 6.08 Å². The number of ketones is 2. The molecular formula is C19H21ClCoN2O2. The predicted octanol–water partition coefficient (Wildman–Crippen LogP) is 2.71. The van der Waals surface area contributed by atoms with Gasteiger partial charge in [-0.1, -0.05) is 24.3 Å². The number of rotatable bonds is 8. The van der Waals surface area contributed by atoms with Gasteiger partial charge in [0.05, 0.1) is 0 Å². The first-order valence-electron chi connectivity index (χ1n) is 7.94. The van der Waals surface area contributed by atoms with Crippen LogP contribution in [0.15, 0.2) is 72.2 Å². The average molecular weight is 404 g/mol. The smallest absolute Gasteiger partial charge is 0.187 e. The summed E-state index contributed by atoms with van der Waals surface area (Å²) in [4.78, 5) is 23.4. The molecule has 2 N–H and O–H groups in total. The molecule has 0 aliphatic heterocycles. The van der Waals surface area contributed by atoms with Crippen LogP contribution in [-0.4, -0.2) is 30.0 Å². The Morgan fingerprint density at radius 3 is 2.04 bits per heavy atom. The second-order valence-electron chi connectivity index (χ2n) is 5.47. The van der Waals surface area contributed by atoms with E-state index >= 15 is 0 Å². The fourth-order valence-corrected chi connectivity index (χ4v) is 2.44. The van der Waals surface area contributed by atoms with E-state index in [4.69, 9.17) is 11.6 Å². The predicted molar refractivity (Wildman–Crippen MR) is 97.6 cm³/mol. The van der Waals surface area contributed by atoms with Gasteiger partial charge in [0.1, 0.15) is 0 Å². The van der Waals surface area contributed by atoms with Crippen LogP contribution in [0, 0.1) is 0 Å². The van der Waals surface area contributed by atoms with Gasteiger partial charge in [-0.15, -0.1) is 11.6 Å². The largest absolute Gasteiger partial charge is 0.388 e. The van der Waals surface area contributed by atoms with Crippen LogP contribution in [0.5, 0.6) is 0 Å². The number of halogens is 1. The standard InChI is InChI=1S/C19H21ClN2O2.Co/c20-11-5-8-17(22-13-16-7-2-4-10-19(16)24)14-21-12-15-6-1-3-9-18(15)23;/h1-4,6-7,9-10,12-13,17,21-22H,5,8,11,14H2;/b15-12-,16-13-;. The number of allylic oxidation sites excluding steroid dienone is 10. The Bertz CT molecular complexity index is 660. The number of hydrogen-bond donors (Lipinski definition) is 2. The number of carbonyl (C=O) groups excluding carboxylic acids is 2. The molecule has 0 amide bonds. The Hall–Kier alpha value is -1.82. The molecular weight excluding hydrogens is 383 g/mol. The molecule has 0 aromatic carbocycles. The summed E-state index contributed by atoms with van der Waals surface area (Å²) in [5, 5.41) is 6.44. The third kappa shape index (κ3) is 7.30. The first kappa shape index (κ1) is 21.2. The maximum atomic E-state index is 11.7. The van der Waals surface area contributed by atoms with E-state index in [1.54, 1.807) is 42.8 Å². The topological polar surface area (TPSA) is 58.2 Å². The van der Waals surface area contributed by atoms with Gasteiger partial charge in [0, 0.05) is 58.8 Å². The van der Waals surface area contributed by atoms with Crippen LogP contribution in [-0.2, 0) is 26.4 Å². The van der Waals surface area contributed by atoms with Crippen molar-refractivity contribution in [3.8, 4) is 0 Å². The quantitative estimate of drug-likeness (QED) is 0.483. The minimum atomic E-state index is -0.0131. The zero-order chi connectivity index (χ0) is 17.2. The van der Waals surface area contributed by atoms with Gasteiger partial charge in [0.2, 0.25) is 0 Å². The molecule has 0 heterocycles. The normalized spacial score (nSPS) is 20.0. The molecule has 1 unspecified atom stereocenters. The molecule has 0 bridgehead atoms. The molecule has 2 aliphatic rings. The third-order valence-corrected chi connectivity index (χ3v) is 3.89. The zero-order valence-corrected chi connectivity index (χ0v) is 15.5. The van der Waals surface area contributed by atoms with Gasteiger partial charge in [-0.05, 0) is 37.1 Å². The van der Waals surface area contributed by atoms with Crippen LogP contribution in [0.25, 0.3) is 0 Å². The molecule has 1 atom stereocenters. The number of carbonyl (C=O) groups is 2. The van der Waals surface area contributed by atoms with Crippen molar-refractivity contribution in [1.29, 1.82) is 0 Å². The second kappa shape index (κ2) is 11.7. The summed E-state index contributed by atoms with van der Waals surface area (Å²) in [6.45, 7) is 0.628. The van der Waals surface area contributed by atoms with Crippen LogP contribution < -0.4 is 10.6 Å². The summed E-state index contributed by atoms with van der Waals surface area (Å²) in [5.41, 5.74) is 1.25. The van der Waals surface area contributed by atoms with Crippen LogP contribution >= 0.6 is 11.6 Å². The summed E-state index contributed by atoms with van der Waals surface area (Å²) in [5.74, 6) is 0.562. The molecule has 0 saturated heterocycles. The van der Waals surface area contributed by atoms with Crippen LogP contribution in [0.3, 0.4) is 0 Å². The molecule has 135 valence electrons. The number of nitrogens with one attached hydrogen (secondary N) is 2. The third-order valence-electron chi connectivity index (χ3n) is 3.62. The fraction of sp³-hybridized carbons (Fsp3) is 0.263. The van der Waals surface area contributed by atoms with Crippen LogP contribution in [0.4, 0.5) is 0 Å². The first-order valence-corrected chi connectivity index (χ1v) is 8.48. The summed E-state index contributed by atoms with van der Waals surface area (Å²) < 4.78 is 0. The molecule has 1 radical (unpaired) electrons. The summed E-state index contributed by atoms with van der Waals surface area (Å²) in [6.07, 6.45) is 18.9. The van der Waals surface area contributed by atoms with Gasteiger partial charge in [-0.3, -0.25) is 9.59 Å². The van der Waals surface area contributed by atoms with Crippen molar-refractivity contribution in [2.45, 2.75) is 18.9 Å². The summed E-state index contributed by atoms with van der Waals surface area (Å²) in [7, 11) is 0. The number of alkyl halides is 1.